The summed E-state index contributed by atoms with van der Waals surface area (Å²) in [6, 6.07) is 24.1. The third kappa shape index (κ3) is 5.14. The third-order valence-corrected chi connectivity index (χ3v) is 6.13. The summed E-state index contributed by atoms with van der Waals surface area (Å²) in [6.45, 7) is 1.73. The van der Waals surface area contributed by atoms with Crippen LogP contribution in [-0.4, -0.2) is 24.4 Å². The van der Waals surface area contributed by atoms with Gasteiger partial charge < -0.3 is 15.5 Å². The van der Waals surface area contributed by atoms with Crippen molar-refractivity contribution < 1.29 is 9.59 Å². The molecule has 0 atom stereocenters. The van der Waals surface area contributed by atoms with E-state index in [1.54, 1.807) is 18.2 Å². The van der Waals surface area contributed by atoms with Gasteiger partial charge in [-0.05, 0) is 66.3 Å². The maximum Gasteiger partial charge on any atom is 0.251 e. The van der Waals surface area contributed by atoms with Crippen LogP contribution in [0, 0.1) is 0 Å². The second-order valence-electron chi connectivity index (χ2n) is 8.65. The highest BCUT2D eigenvalue weighted by Crippen LogP contribution is 2.30. The Bertz CT molecular complexity index is 1200. The summed E-state index contributed by atoms with van der Waals surface area (Å²) >= 11 is 0. The van der Waals surface area contributed by atoms with Crippen LogP contribution in [0.5, 0.6) is 0 Å². The number of fused-ring (bicyclic) bond motifs is 1. The molecule has 2 amide bonds. The molecule has 3 aromatic carbocycles. The molecule has 2 aliphatic rings. The molecule has 0 saturated heterocycles. The number of nitrogens with one attached hydrogen (secondary N) is 2. The van der Waals surface area contributed by atoms with E-state index in [4.69, 9.17) is 0 Å². The largest absolute Gasteiger partial charge is 0.367 e. The van der Waals surface area contributed by atoms with Crippen LogP contribution in [0.1, 0.15) is 39.9 Å². The zero-order valence-corrected chi connectivity index (χ0v) is 18.5. The highest BCUT2D eigenvalue weighted by molar-refractivity contribution is 6.02. The Hall–Kier alpha value is -3.86. The Morgan fingerprint density at radius 1 is 0.939 bits per heavy atom. The van der Waals surface area contributed by atoms with Gasteiger partial charge in [-0.15, -0.1) is 0 Å². The van der Waals surface area contributed by atoms with Crippen LogP contribution in [0.4, 0.5) is 11.4 Å². The summed E-state index contributed by atoms with van der Waals surface area (Å²) in [7, 11) is 0. The Kier molecular flexibility index (Phi) is 5.94. The Labute approximate surface area is 194 Å². The molecule has 0 bridgehead atoms. The fourth-order valence-electron chi connectivity index (χ4n) is 4.14. The average Bonchev–Trinajstić information content (AvgIpc) is 3.57. The van der Waals surface area contributed by atoms with E-state index < -0.39 is 0 Å². The zero-order chi connectivity index (χ0) is 22.6. The predicted octanol–water partition coefficient (Wildman–Crippen LogP) is 4.79. The first-order valence-corrected chi connectivity index (χ1v) is 11.5. The maximum atomic E-state index is 12.6. The Morgan fingerprint density at radius 2 is 1.70 bits per heavy atom. The molecule has 5 heteroatoms. The van der Waals surface area contributed by atoms with Crippen LogP contribution in [0.3, 0.4) is 0 Å². The molecule has 5 rings (SSSR count). The minimum atomic E-state index is -0.181. The first-order chi connectivity index (χ1) is 16.2. The SMILES string of the molecule is O=C(/C=C/c1ccc(C(=O)NC2CC2)cc1)Nc1ccccc1CN1CCc2ccccc21. The maximum absolute atomic E-state index is 12.6. The van der Waals surface area contributed by atoms with Gasteiger partial charge >= 0.3 is 0 Å². The summed E-state index contributed by atoms with van der Waals surface area (Å²) in [5.41, 5.74) is 6.06. The van der Waals surface area contributed by atoms with Crippen LogP contribution >= 0.6 is 0 Å². The van der Waals surface area contributed by atoms with Crippen molar-refractivity contribution in [3.8, 4) is 0 Å². The van der Waals surface area contributed by atoms with E-state index in [0.717, 1.165) is 49.2 Å². The van der Waals surface area contributed by atoms with Gasteiger partial charge in [0.1, 0.15) is 0 Å². The number of para-hydroxylation sites is 2. The summed E-state index contributed by atoms with van der Waals surface area (Å²) in [6.07, 6.45) is 6.47. The quantitative estimate of drug-likeness (QED) is 0.522. The molecular formula is C28H27N3O2. The van der Waals surface area contributed by atoms with Crippen LogP contribution in [0.2, 0.25) is 0 Å². The number of amides is 2. The van der Waals surface area contributed by atoms with E-state index in [0.29, 0.717) is 11.6 Å². The number of carbonyl (C=O) groups is 2. The lowest BCUT2D eigenvalue weighted by molar-refractivity contribution is -0.111. The first kappa shape index (κ1) is 21.0. The zero-order valence-electron chi connectivity index (χ0n) is 18.5. The van der Waals surface area contributed by atoms with Gasteiger partial charge in [0.05, 0.1) is 0 Å². The van der Waals surface area contributed by atoms with E-state index in [1.165, 1.54) is 17.3 Å². The number of hydrogen-bond acceptors (Lipinski definition) is 3. The summed E-state index contributed by atoms with van der Waals surface area (Å²) in [5, 5.41) is 6.00. The highest BCUT2D eigenvalue weighted by Gasteiger charge is 2.23. The minimum Gasteiger partial charge on any atom is -0.367 e. The lowest BCUT2D eigenvalue weighted by Gasteiger charge is -2.21. The lowest BCUT2D eigenvalue weighted by Crippen LogP contribution is -2.25. The van der Waals surface area contributed by atoms with E-state index in [2.05, 4.69) is 45.9 Å². The Morgan fingerprint density at radius 3 is 2.52 bits per heavy atom. The number of anilines is 2. The van der Waals surface area contributed by atoms with Gasteiger partial charge in [0.2, 0.25) is 5.91 Å². The molecule has 1 heterocycles. The Balaban J connectivity index is 1.21. The van der Waals surface area contributed by atoms with Gasteiger partial charge in [0.15, 0.2) is 0 Å². The van der Waals surface area contributed by atoms with Crippen molar-refractivity contribution in [2.75, 3.05) is 16.8 Å². The smallest absolute Gasteiger partial charge is 0.251 e. The topological polar surface area (TPSA) is 61.4 Å². The number of hydrogen-bond donors (Lipinski definition) is 2. The highest BCUT2D eigenvalue weighted by atomic mass is 16.2. The van der Waals surface area contributed by atoms with E-state index in [1.807, 2.05) is 30.3 Å². The van der Waals surface area contributed by atoms with E-state index in [-0.39, 0.29) is 11.8 Å². The molecule has 33 heavy (non-hydrogen) atoms. The number of carbonyl (C=O) groups excluding carboxylic acids is 2. The van der Waals surface area contributed by atoms with Gasteiger partial charge in [-0.1, -0.05) is 48.5 Å². The van der Waals surface area contributed by atoms with Gasteiger partial charge in [-0.3, -0.25) is 9.59 Å². The molecule has 166 valence electrons. The third-order valence-electron chi connectivity index (χ3n) is 6.13. The summed E-state index contributed by atoms with van der Waals surface area (Å²) < 4.78 is 0. The van der Waals surface area contributed by atoms with Crippen LogP contribution in [0.15, 0.2) is 78.9 Å². The molecule has 1 saturated carbocycles. The van der Waals surface area contributed by atoms with Crippen LogP contribution in [-0.2, 0) is 17.8 Å². The number of rotatable bonds is 7. The van der Waals surface area contributed by atoms with Crippen molar-refractivity contribution in [2.24, 2.45) is 0 Å². The summed E-state index contributed by atoms with van der Waals surface area (Å²) in [5.74, 6) is -0.220. The van der Waals surface area contributed by atoms with Crippen molar-refractivity contribution in [2.45, 2.75) is 31.8 Å². The van der Waals surface area contributed by atoms with Gasteiger partial charge in [-0.2, -0.15) is 0 Å². The lowest BCUT2D eigenvalue weighted by atomic mass is 10.1. The normalized spacial score (nSPS) is 14.8. The van der Waals surface area contributed by atoms with Crippen LogP contribution in [0.25, 0.3) is 6.08 Å². The molecule has 1 fully saturated rings. The molecule has 3 aromatic rings. The monoisotopic (exact) mass is 437 g/mol. The fourth-order valence-corrected chi connectivity index (χ4v) is 4.14. The first-order valence-electron chi connectivity index (χ1n) is 11.5. The summed E-state index contributed by atoms with van der Waals surface area (Å²) in [4.78, 5) is 27.1. The standard InChI is InChI=1S/C28H27N3O2/c32-27(16-11-20-9-12-22(13-10-20)28(33)29-24-14-15-24)30-25-7-3-1-6-23(25)19-31-18-17-21-5-2-4-8-26(21)31/h1-13,16,24H,14-15,17-19H2,(H,29,33)(H,30,32)/b16-11+. The second-order valence-corrected chi connectivity index (χ2v) is 8.65. The average molecular weight is 438 g/mol. The molecular weight excluding hydrogens is 410 g/mol. The number of nitrogens with zero attached hydrogens (tertiary/aromatic N) is 1. The second kappa shape index (κ2) is 9.33. The van der Waals surface area contributed by atoms with Gasteiger partial charge in [-0.25, -0.2) is 0 Å². The molecule has 5 nitrogen and oxygen atoms in total. The molecule has 0 radical (unpaired) electrons. The molecule has 2 N–H and O–H groups in total. The van der Waals surface area contributed by atoms with Crippen molar-refractivity contribution in [1.82, 2.24) is 5.32 Å². The van der Waals surface area contributed by atoms with Crippen molar-refractivity contribution >= 4 is 29.3 Å². The molecule has 1 aliphatic carbocycles. The van der Waals surface area contributed by atoms with Crippen LogP contribution < -0.4 is 15.5 Å². The molecule has 0 spiro atoms. The molecule has 0 aromatic heterocycles. The minimum absolute atomic E-state index is 0.0389. The van der Waals surface area contributed by atoms with E-state index >= 15 is 0 Å². The van der Waals surface area contributed by atoms with Crippen molar-refractivity contribution in [1.29, 1.82) is 0 Å². The molecule has 0 unspecified atom stereocenters. The van der Waals surface area contributed by atoms with Gasteiger partial charge in [0.25, 0.3) is 5.91 Å². The van der Waals surface area contributed by atoms with Gasteiger partial charge in [0, 0.05) is 42.1 Å². The van der Waals surface area contributed by atoms with Crippen molar-refractivity contribution in [3.63, 3.8) is 0 Å². The van der Waals surface area contributed by atoms with E-state index in [9.17, 15) is 9.59 Å². The number of benzene rings is 3. The predicted molar refractivity (Wildman–Crippen MR) is 132 cm³/mol. The fraction of sp³-hybridized carbons (Fsp3) is 0.214. The molecule has 1 aliphatic heterocycles. The van der Waals surface area contributed by atoms with Crippen molar-refractivity contribution in [3.05, 3.63) is 101 Å².